The van der Waals surface area contributed by atoms with E-state index in [9.17, 15) is 4.79 Å². The van der Waals surface area contributed by atoms with Gasteiger partial charge in [-0.15, -0.1) is 0 Å². The second-order valence-corrected chi connectivity index (χ2v) is 5.97. The molecule has 1 aromatic heterocycles. The first kappa shape index (κ1) is 14.1. The van der Waals surface area contributed by atoms with Crippen LogP contribution in [0.5, 0.6) is 0 Å². The first-order valence-corrected chi connectivity index (χ1v) is 7.54. The molecule has 21 heavy (non-hydrogen) atoms. The second-order valence-electron chi connectivity index (χ2n) is 5.53. The highest BCUT2D eigenvalue weighted by atomic mass is 35.5. The fraction of sp³-hybridized carbons (Fsp3) is 0.375. The van der Waals surface area contributed by atoms with Gasteiger partial charge in [-0.05, 0) is 30.5 Å². The Kier molecular flexibility index (Phi) is 3.97. The van der Waals surface area contributed by atoms with Gasteiger partial charge in [-0.3, -0.25) is 4.79 Å². The number of hydrogen-bond donors (Lipinski definition) is 0. The van der Waals surface area contributed by atoms with Crippen molar-refractivity contribution in [3.8, 4) is 0 Å². The number of aromatic nitrogens is 2. The highest BCUT2D eigenvalue weighted by Gasteiger charge is 2.26. The molecule has 3 rings (SSSR count). The fourth-order valence-electron chi connectivity index (χ4n) is 2.89. The zero-order chi connectivity index (χ0) is 14.8. The van der Waals surface area contributed by atoms with Gasteiger partial charge in [0, 0.05) is 31.1 Å². The molecule has 0 radical (unpaired) electrons. The summed E-state index contributed by atoms with van der Waals surface area (Å²) in [5.41, 5.74) is 1.90. The number of imidazole rings is 1. The number of amides is 1. The van der Waals surface area contributed by atoms with E-state index in [1.165, 1.54) is 5.56 Å². The summed E-state index contributed by atoms with van der Waals surface area (Å²) in [6.07, 6.45) is 5.43. The molecule has 1 aliphatic heterocycles. The zero-order valence-corrected chi connectivity index (χ0v) is 12.8. The number of carbonyl (C=O) groups excluding carboxylic acids is 1. The third-order valence-electron chi connectivity index (χ3n) is 4.09. The lowest BCUT2D eigenvalue weighted by Crippen LogP contribution is -2.39. The number of piperidine rings is 1. The number of benzene rings is 1. The van der Waals surface area contributed by atoms with Gasteiger partial charge in [-0.1, -0.05) is 23.7 Å². The minimum atomic E-state index is 0.0636. The number of hydrogen-bond acceptors (Lipinski definition) is 2. The van der Waals surface area contributed by atoms with E-state index in [4.69, 9.17) is 11.6 Å². The van der Waals surface area contributed by atoms with E-state index in [1.807, 2.05) is 24.1 Å². The minimum Gasteiger partial charge on any atom is -0.337 e. The zero-order valence-electron chi connectivity index (χ0n) is 12.0. The van der Waals surface area contributed by atoms with Gasteiger partial charge in [-0.2, -0.15) is 0 Å². The van der Waals surface area contributed by atoms with Gasteiger partial charge in [0.25, 0.3) is 5.91 Å². The van der Waals surface area contributed by atoms with Crippen molar-refractivity contribution in [1.29, 1.82) is 0 Å². The number of rotatable bonds is 2. The fourth-order valence-corrected chi connectivity index (χ4v) is 3.02. The molecule has 1 saturated heterocycles. The van der Waals surface area contributed by atoms with E-state index in [0.717, 1.165) is 31.0 Å². The summed E-state index contributed by atoms with van der Waals surface area (Å²) in [5, 5.41) is 0.748. The Labute approximate surface area is 129 Å². The lowest BCUT2D eigenvalue weighted by Gasteiger charge is -2.33. The van der Waals surface area contributed by atoms with Crippen molar-refractivity contribution in [3.05, 3.63) is 53.1 Å². The lowest BCUT2D eigenvalue weighted by atomic mass is 9.90. The Bertz CT molecular complexity index is 635. The molecule has 2 aromatic rings. The van der Waals surface area contributed by atoms with Gasteiger partial charge in [0.1, 0.15) is 5.69 Å². The molecule has 110 valence electrons. The third kappa shape index (κ3) is 2.95. The summed E-state index contributed by atoms with van der Waals surface area (Å²) in [6.45, 7) is 1.57. The van der Waals surface area contributed by atoms with Gasteiger partial charge in [0.2, 0.25) is 0 Å². The quantitative estimate of drug-likeness (QED) is 0.855. The van der Waals surface area contributed by atoms with Crippen LogP contribution in [-0.2, 0) is 7.05 Å². The molecule has 0 bridgehead atoms. The standard InChI is InChI=1S/C16H18ClN3O/c1-19-11-18-9-15(19)16(21)20-8-2-3-13(10-20)12-4-6-14(17)7-5-12/h4-7,9,11,13H,2-3,8,10H2,1H3/t13-/m0/s1. The lowest BCUT2D eigenvalue weighted by molar-refractivity contribution is 0.0697. The van der Waals surface area contributed by atoms with Crippen LogP contribution < -0.4 is 0 Å². The summed E-state index contributed by atoms with van der Waals surface area (Å²) in [6, 6.07) is 7.95. The third-order valence-corrected chi connectivity index (χ3v) is 4.34. The van der Waals surface area contributed by atoms with Crippen molar-refractivity contribution in [3.63, 3.8) is 0 Å². The number of likely N-dealkylation sites (tertiary alicyclic amines) is 1. The average molecular weight is 304 g/mol. The molecular weight excluding hydrogens is 286 g/mol. The van der Waals surface area contributed by atoms with Gasteiger partial charge < -0.3 is 9.47 Å². The van der Waals surface area contributed by atoms with Crippen LogP contribution in [0.15, 0.2) is 36.8 Å². The van der Waals surface area contributed by atoms with Gasteiger partial charge in [0.05, 0.1) is 12.5 Å². The molecule has 1 atom stereocenters. The Morgan fingerprint density at radius 2 is 2.10 bits per heavy atom. The summed E-state index contributed by atoms with van der Waals surface area (Å²) in [4.78, 5) is 18.5. The average Bonchev–Trinajstić information content (AvgIpc) is 2.93. The van der Waals surface area contributed by atoms with E-state index in [2.05, 4.69) is 17.1 Å². The normalized spacial score (nSPS) is 18.8. The highest BCUT2D eigenvalue weighted by molar-refractivity contribution is 6.30. The van der Waals surface area contributed by atoms with Gasteiger partial charge in [0.15, 0.2) is 0 Å². The second kappa shape index (κ2) is 5.90. The van der Waals surface area contributed by atoms with E-state index in [-0.39, 0.29) is 5.91 Å². The van der Waals surface area contributed by atoms with Gasteiger partial charge >= 0.3 is 0 Å². The summed E-state index contributed by atoms with van der Waals surface area (Å²) < 4.78 is 1.77. The van der Waals surface area contributed by atoms with E-state index >= 15 is 0 Å². The van der Waals surface area contributed by atoms with Crippen LogP contribution in [0, 0.1) is 0 Å². The Hall–Kier alpha value is -1.81. The smallest absolute Gasteiger partial charge is 0.272 e. The highest BCUT2D eigenvalue weighted by Crippen LogP contribution is 2.28. The molecule has 0 saturated carbocycles. The Morgan fingerprint density at radius 3 is 2.76 bits per heavy atom. The van der Waals surface area contributed by atoms with Crippen molar-refractivity contribution in [1.82, 2.24) is 14.5 Å². The van der Waals surface area contributed by atoms with Crippen molar-refractivity contribution in [2.45, 2.75) is 18.8 Å². The van der Waals surface area contributed by atoms with Crippen molar-refractivity contribution >= 4 is 17.5 Å². The molecule has 0 unspecified atom stereocenters. The van der Waals surface area contributed by atoms with Crippen molar-refractivity contribution in [2.75, 3.05) is 13.1 Å². The number of nitrogens with zero attached hydrogens (tertiary/aromatic N) is 3. The predicted molar refractivity (Wildman–Crippen MR) is 82.5 cm³/mol. The Morgan fingerprint density at radius 1 is 1.33 bits per heavy atom. The molecule has 5 heteroatoms. The number of carbonyl (C=O) groups is 1. The van der Waals surface area contributed by atoms with Crippen LogP contribution >= 0.6 is 11.6 Å². The monoisotopic (exact) mass is 303 g/mol. The van der Waals surface area contributed by atoms with Crippen LogP contribution in [0.1, 0.15) is 34.8 Å². The molecule has 1 aromatic carbocycles. The van der Waals surface area contributed by atoms with E-state index in [0.29, 0.717) is 11.6 Å². The summed E-state index contributed by atoms with van der Waals surface area (Å²) in [7, 11) is 1.85. The molecule has 4 nitrogen and oxygen atoms in total. The number of halogens is 1. The first-order valence-electron chi connectivity index (χ1n) is 7.16. The molecule has 1 amide bonds. The van der Waals surface area contributed by atoms with E-state index < -0.39 is 0 Å². The molecule has 0 spiro atoms. The van der Waals surface area contributed by atoms with Crippen LogP contribution in [0.4, 0.5) is 0 Å². The van der Waals surface area contributed by atoms with Crippen LogP contribution in [0.2, 0.25) is 5.02 Å². The Balaban J connectivity index is 1.75. The maximum absolute atomic E-state index is 12.6. The van der Waals surface area contributed by atoms with Gasteiger partial charge in [-0.25, -0.2) is 4.98 Å². The molecule has 0 aliphatic carbocycles. The first-order chi connectivity index (χ1) is 10.1. The molecule has 1 fully saturated rings. The largest absolute Gasteiger partial charge is 0.337 e. The summed E-state index contributed by atoms with van der Waals surface area (Å²) >= 11 is 5.94. The van der Waals surface area contributed by atoms with E-state index in [1.54, 1.807) is 17.1 Å². The molecular formula is C16H18ClN3O. The predicted octanol–water partition coefficient (Wildman–Crippen LogP) is 3.09. The molecule has 1 aliphatic rings. The molecule has 2 heterocycles. The topological polar surface area (TPSA) is 38.1 Å². The number of aryl methyl sites for hydroxylation is 1. The SMILES string of the molecule is Cn1cncc1C(=O)N1CCC[C@H](c2ccc(Cl)cc2)C1. The maximum Gasteiger partial charge on any atom is 0.272 e. The summed E-state index contributed by atoms with van der Waals surface area (Å²) in [5.74, 6) is 0.446. The maximum atomic E-state index is 12.6. The molecule has 0 N–H and O–H groups in total. The minimum absolute atomic E-state index is 0.0636. The van der Waals surface area contributed by atoms with Crippen molar-refractivity contribution in [2.24, 2.45) is 7.05 Å². The van der Waals surface area contributed by atoms with Crippen LogP contribution in [-0.4, -0.2) is 33.4 Å². The van der Waals surface area contributed by atoms with Crippen LogP contribution in [0.25, 0.3) is 0 Å². The van der Waals surface area contributed by atoms with Crippen LogP contribution in [0.3, 0.4) is 0 Å². The van der Waals surface area contributed by atoms with Crippen molar-refractivity contribution < 1.29 is 4.79 Å².